The Balaban J connectivity index is 1.69. The minimum Gasteiger partial charge on any atom is -0.366 e. The largest absolute Gasteiger partial charge is 0.516 e. The van der Waals surface area contributed by atoms with Gasteiger partial charge in [-0.05, 0) is 23.8 Å². The van der Waals surface area contributed by atoms with Crippen molar-refractivity contribution in [1.82, 2.24) is 24.0 Å². The number of aromatic nitrogens is 3. The molecule has 0 saturated carbocycles. The van der Waals surface area contributed by atoms with E-state index >= 15 is 0 Å². The van der Waals surface area contributed by atoms with E-state index in [2.05, 4.69) is 20.6 Å². The molecule has 0 aromatic carbocycles. The summed E-state index contributed by atoms with van der Waals surface area (Å²) >= 11 is 0. The van der Waals surface area contributed by atoms with Crippen LogP contribution in [0.15, 0.2) is 36.7 Å². The van der Waals surface area contributed by atoms with Gasteiger partial charge in [0.1, 0.15) is 17.2 Å². The second-order valence-electron chi connectivity index (χ2n) is 7.84. The predicted octanol–water partition coefficient (Wildman–Crippen LogP) is 3.77. The first kappa shape index (κ1) is 29.6. The van der Waals surface area contributed by atoms with Crippen molar-refractivity contribution >= 4 is 33.2 Å². The van der Waals surface area contributed by atoms with Crippen LogP contribution in [-0.4, -0.2) is 57.4 Å². The number of halogens is 7. The molecule has 0 spiro atoms. The number of fused-ring (bicyclic) bond motifs is 1. The zero-order valence-electron chi connectivity index (χ0n) is 19.9. The van der Waals surface area contributed by atoms with E-state index in [0.29, 0.717) is 0 Å². The van der Waals surface area contributed by atoms with Gasteiger partial charge in [0.15, 0.2) is 17.3 Å². The van der Waals surface area contributed by atoms with Gasteiger partial charge in [0.05, 0.1) is 6.54 Å². The molecule has 212 valence electrons. The van der Waals surface area contributed by atoms with Crippen molar-refractivity contribution < 1.29 is 43.9 Å². The maximum absolute atomic E-state index is 14.5. The standard InChI is InChI=1S/C21H20F7N7O3S/c1-2-14(29)35(39(37,38)21(26,27)28)8-6-30-18-13(22)9-12(10-31-18)11-32-19(36)16-17(20(23,24)25)33-15-5-3-4-7-34(15)16/h3-5,7,9-10,29H,2,6,8,11H2,1H3,(H,30,31)(H,32,36). The van der Waals surface area contributed by atoms with Gasteiger partial charge in [-0.1, -0.05) is 13.0 Å². The molecular weight excluding hydrogens is 563 g/mol. The summed E-state index contributed by atoms with van der Waals surface area (Å²) in [6.45, 7) is -0.557. The number of nitrogens with zero attached hydrogens (tertiary/aromatic N) is 4. The van der Waals surface area contributed by atoms with Crippen LogP contribution in [0.5, 0.6) is 0 Å². The number of amides is 1. The summed E-state index contributed by atoms with van der Waals surface area (Å²) in [6.07, 6.45) is -2.98. The van der Waals surface area contributed by atoms with Crippen LogP contribution >= 0.6 is 0 Å². The monoisotopic (exact) mass is 583 g/mol. The van der Waals surface area contributed by atoms with E-state index < -0.39 is 76.1 Å². The number of hydrogen-bond donors (Lipinski definition) is 3. The number of carbonyl (C=O) groups excluding carboxylic acids is 1. The normalized spacial score (nSPS) is 12.4. The number of rotatable bonds is 9. The fraction of sp³-hybridized carbons (Fsp3) is 0.333. The van der Waals surface area contributed by atoms with E-state index in [1.54, 1.807) is 0 Å². The zero-order chi connectivity index (χ0) is 29.2. The van der Waals surface area contributed by atoms with E-state index in [1.807, 2.05) is 0 Å². The summed E-state index contributed by atoms with van der Waals surface area (Å²) in [7, 11) is -5.84. The lowest BCUT2D eigenvalue weighted by Gasteiger charge is -2.25. The maximum atomic E-state index is 14.5. The third kappa shape index (κ3) is 6.37. The van der Waals surface area contributed by atoms with Crippen molar-refractivity contribution in [2.45, 2.75) is 31.6 Å². The Morgan fingerprint density at radius 3 is 2.46 bits per heavy atom. The van der Waals surface area contributed by atoms with Gasteiger partial charge >= 0.3 is 21.7 Å². The van der Waals surface area contributed by atoms with Crippen LogP contribution in [-0.2, 0) is 22.7 Å². The molecule has 10 nitrogen and oxygen atoms in total. The minimum absolute atomic E-state index is 0.0304. The Labute approximate surface area is 216 Å². The topological polar surface area (TPSA) is 133 Å². The predicted molar refractivity (Wildman–Crippen MR) is 124 cm³/mol. The van der Waals surface area contributed by atoms with Crippen molar-refractivity contribution in [3.63, 3.8) is 0 Å². The van der Waals surface area contributed by atoms with E-state index in [4.69, 9.17) is 5.41 Å². The SMILES string of the molecule is CCC(=N)N(CCNc1ncc(CNC(=O)c2c(C(F)(F)F)nc3ccccn23)cc1F)S(=O)(=O)C(F)(F)F. The molecule has 3 rings (SSSR count). The molecule has 0 bridgehead atoms. The van der Waals surface area contributed by atoms with Gasteiger partial charge in [0.2, 0.25) is 0 Å². The van der Waals surface area contributed by atoms with Gasteiger partial charge in [0, 0.05) is 31.9 Å². The van der Waals surface area contributed by atoms with Gasteiger partial charge in [-0.15, -0.1) is 0 Å². The number of imidazole rings is 1. The molecule has 3 aromatic rings. The molecular formula is C21H20F7N7O3S. The quantitative estimate of drug-likeness (QED) is 0.200. The Kier molecular flexibility index (Phi) is 8.37. The lowest BCUT2D eigenvalue weighted by molar-refractivity contribution is -0.141. The number of carbonyl (C=O) groups is 1. The van der Waals surface area contributed by atoms with Crippen molar-refractivity contribution in [2.75, 3.05) is 18.4 Å². The molecule has 3 N–H and O–H groups in total. The van der Waals surface area contributed by atoms with Crippen LogP contribution in [0, 0.1) is 11.2 Å². The van der Waals surface area contributed by atoms with Gasteiger partial charge < -0.3 is 10.6 Å². The summed E-state index contributed by atoms with van der Waals surface area (Å²) in [4.78, 5) is 19.8. The first-order valence-corrected chi connectivity index (χ1v) is 12.4. The number of nitrogens with one attached hydrogen (secondary N) is 3. The number of sulfonamides is 1. The molecule has 3 heterocycles. The average Bonchev–Trinajstić information content (AvgIpc) is 3.25. The second-order valence-corrected chi connectivity index (χ2v) is 9.70. The van der Waals surface area contributed by atoms with Crippen LogP contribution in [0.25, 0.3) is 5.65 Å². The average molecular weight is 583 g/mol. The molecule has 39 heavy (non-hydrogen) atoms. The molecule has 0 aliphatic rings. The summed E-state index contributed by atoms with van der Waals surface area (Å²) in [5.74, 6) is -3.48. The van der Waals surface area contributed by atoms with Gasteiger partial charge in [0.25, 0.3) is 5.91 Å². The third-order valence-electron chi connectivity index (χ3n) is 5.19. The molecule has 0 unspecified atom stereocenters. The molecule has 1 amide bonds. The van der Waals surface area contributed by atoms with Crippen molar-refractivity contribution in [2.24, 2.45) is 0 Å². The van der Waals surface area contributed by atoms with E-state index in [-0.39, 0.29) is 21.9 Å². The van der Waals surface area contributed by atoms with E-state index in [1.165, 1.54) is 31.3 Å². The first-order chi connectivity index (χ1) is 18.1. The lowest BCUT2D eigenvalue weighted by Crippen LogP contribution is -2.45. The first-order valence-electron chi connectivity index (χ1n) is 10.9. The molecule has 0 saturated heterocycles. The Bertz CT molecular complexity index is 1490. The number of anilines is 1. The van der Waals surface area contributed by atoms with Crippen molar-refractivity contribution in [3.05, 3.63) is 59.4 Å². The van der Waals surface area contributed by atoms with Crippen LogP contribution in [0.2, 0.25) is 0 Å². The summed E-state index contributed by atoms with van der Waals surface area (Å²) < 4.78 is 118. The van der Waals surface area contributed by atoms with Crippen molar-refractivity contribution in [3.8, 4) is 0 Å². The summed E-state index contributed by atoms with van der Waals surface area (Å²) in [6, 6.07) is 4.99. The maximum Gasteiger partial charge on any atom is 0.516 e. The zero-order valence-corrected chi connectivity index (χ0v) is 20.7. The van der Waals surface area contributed by atoms with Crippen molar-refractivity contribution in [1.29, 1.82) is 5.41 Å². The molecule has 0 aliphatic carbocycles. The summed E-state index contributed by atoms with van der Waals surface area (Å²) in [5.41, 5.74) is -7.92. The Hall–Kier alpha value is -3.96. The number of hydrogen-bond acceptors (Lipinski definition) is 7. The fourth-order valence-corrected chi connectivity index (χ4v) is 4.36. The highest BCUT2D eigenvalue weighted by Gasteiger charge is 2.50. The Morgan fingerprint density at radius 1 is 1.18 bits per heavy atom. The van der Waals surface area contributed by atoms with Crippen LogP contribution in [0.4, 0.5) is 36.6 Å². The third-order valence-corrected chi connectivity index (χ3v) is 6.76. The van der Waals surface area contributed by atoms with Gasteiger partial charge in [-0.25, -0.2) is 18.7 Å². The smallest absolute Gasteiger partial charge is 0.366 e. The molecule has 0 fully saturated rings. The molecule has 3 aromatic heterocycles. The summed E-state index contributed by atoms with van der Waals surface area (Å²) in [5, 5.41) is 12.1. The fourth-order valence-electron chi connectivity index (χ4n) is 3.36. The van der Waals surface area contributed by atoms with E-state index in [0.717, 1.165) is 16.7 Å². The lowest BCUT2D eigenvalue weighted by atomic mass is 10.2. The second kappa shape index (κ2) is 11.0. The van der Waals surface area contributed by atoms with Crippen LogP contribution in [0.3, 0.4) is 0 Å². The number of pyridine rings is 2. The molecule has 18 heteroatoms. The molecule has 0 aliphatic heterocycles. The van der Waals surface area contributed by atoms with Crippen LogP contribution < -0.4 is 10.6 Å². The highest BCUT2D eigenvalue weighted by atomic mass is 32.2. The highest BCUT2D eigenvalue weighted by Crippen LogP contribution is 2.32. The van der Waals surface area contributed by atoms with Gasteiger partial charge in [-0.2, -0.15) is 34.8 Å². The van der Waals surface area contributed by atoms with Crippen LogP contribution in [0.1, 0.15) is 35.1 Å². The van der Waals surface area contributed by atoms with Gasteiger partial charge in [-0.3, -0.25) is 14.6 Å². The Morgan fingerprint density at radius 2 is 1.87 bits per heavy atom. The molecule has 0 radical (unpaired) electrons. The minimum atomic E-state index is -5.84. The highest BCUT2D eigenvalue weighted by molar-refractivity contribution is 7.90. The molecule has 0 atom stereocenters. The number of amidine groups is 1. The van der Waals surface area contributed by atoms with E-state index in [9.17, 15) is 43.9 Å². The number of alkyl halides is 6.